The Bertz CT molecular complexity index is 1240. The van der Waals surface area contributed by atoms with E-state index in [9.17, 15) is 29.1 Å². The van der Waals surface area contributed by atoms with Gasteiger partial charge in [-0.25, -0.2) is 0 Å². The van der Waals surface area contributed by atoms with E-state index in [1.807, 2.05) is 19.0 Å². The van der Waals surface area contributed by atoms with Crippen molar-refractivity contribution in [3.8, 4) is 0 Å². The molecule has 1 fully saturated rings. The van der Waals surface area contributed by atoms with Crippen molar-refractivity contribution >= 4 is 29.8 Å². The molecule has 0 spiro atoms. The van der Waals surface area contributed by atoms with Crippen molar-refractivity contribution in [3.63, 3.8) is 0 Å². The number of hydrogen-bond donors (Lipinski definition) is 1. The normalized spacial score (nSPS) is 17.0. The molecule has 0 saturated carbocycles. The number of aliphatic hydroxyl groups is 1. The van der Waals surface area contributed by atoms with Gasteiger partial charge in [0, 0.05) is 32.2 Å². The van der Waals surface area contributed by atoms with Gasteiger partial charge in [-0.3, -0.25) is 24.0 Å². The Kier molecular flexibility index (Phi) is 39.1. The van der Waals surface area contributed by atoms with Crippen molar-refractivity contribution in [2.24, 2.45) is 11.8 Å². The van der Waals surface area contributed by atoms with Crippen LogP contribution >= 0.6 is 0 Å². The molecule has 1 rings (SSSR count). The largest absolute Gasteiger partial charge is 0.466 e. The fourth-order valence-corrected chi connectivity index (χ4v) is 8.65. The molecule has 0 bridgehead atoms. The molecule has 0 amide bonds. The molecule has 13 nitrogen and oxygen atoms in total. The zero-order valence-electron chi connectivity index (χ0n) is 43.5. The van der Waals surface area contributed by atoms with Crippen LogP contribution in [-0.4, -0.2) is 105 Å². The third-order valence-electron chi connectivity index (χ3n) is 13.0. The van der Waals surface area contributed by atoms with E-state index in [0.717, 1.165) is 64.2 Å². The monoisotopic (exact) mass is 954 g/mol. The molecule has 4 atom stereocenters. The standard InChI is InChI=1S/C54H99NO12/c1-7-11-21-29-44(30-22-12-8-2)38-41-62-47(56)33-25-17-15-19-27-35-50(59)66-52-46(43-64-49(58)37-40-55(5)6)65-54(61)53(52)67-51(60)36-28-20-16-18-26-34-48(57)63-42-39-45(31-23-13-9-3)32-24-14-10-4/h44-46,52-54,61H,7-43H2,1-6H3/t46-,52?,53+,54-/m1/s1. The summed E-state index contributed by atoms with van der Waals surface area (Å²) in [6.07, 6.45) is 25.2. The molecule has 0 aromatic heterocycles. The van der Waals surface area contributed by atoms with Gasteiger partial charge in [-0.05, 0) is 64.5 Å². The van der Waals surface area contributed by atoms with Crippen LogP contribution in [0.2, 0.25) is 0 Å². The lowest BCUT2D eigenvalue weighted by molar-refractivity contribution is -0.177. The van der Waals surface area contributed by atoms with Crippen LogP contribution in [0.15, 0.2) is 0 Å². The number of rotatable bonds is 45. The first-order chi connectivity index (χ1) is 32.4. The summed E-state index contributed by atoms with van der Waals surface area (Å²) in [4.78, 5) is 65.1. The van der Waals surface area contributed by atoms with Crippen LogP contribution < -0.4 is 0 Å². The maximum atomic E-state index is 13.1. The summed E-state index contributed by atoms with van der Waals surface area (Å²) in [6.45, 7) is 10.1. The van der Waals surface area contributed by atoms with E-state index < -0.39 is 42.5 Å². The van der Waals surface area contributed by atoms with Crippen LogP contribution in [-0.2, 0) is 52.4 Å². The van der Waals surface area contributed by atoms with Gasteiger partial charge >= 0.3 is 29.8 Å². The highest BCUT2D eigenvalue weighted by atomic mass is 16.7. The minimum absolute atomic E-state index is 0.101. The molecule has 0 radical (unpaired) electrons. The first-order valence-electron chi connectivity index (χ1n) is 27.3. The second-order valence-electron chi connectivity index (χ2n) is 19.5. The van der Waals surface area contributed by atoms with Crippen molar-refractivity contribution in [1.29, 1.82) is 0 Å². The van der Waals surface area contributed by atoms with Crippen LogP contribution in [0.1, 0.15) is 240 Å². The van der Waals surface area contributed by atoms with Gasteiger partial charge in [-0.15, -0.1) is 0 Å². The quantitative estimate of drug-likeness (QED) is 0.0349. The number of esters is 5. The maximum Gasteiger partial charge on any atom is 0.307 e. The molecule has 67 heavy (non-hydrogen) atoms. The number of carbonyl (C=O) groups is 5. The van der Waals surface area contributed by atoms with Gasteiger partial charge in [-0.1, -0.05) is 169 Å². The fourth-order valence-electron chi connectivity index (χ4n) is 8.65. The van der Waals surface area contributed by atoms with Crippen molar-refractivity contribution in [3.05, 3.63) is 0 Å². The van der Waals surface area contributed by atoms with E-state index in [1.165, 1.54) is 103 Å². The van der Waals surface area contributed by atoms with Crippen LogP contribution in [0.25, 0.3) is 0 Å². The van der Waals surface area contributed by atoms with Gasteiger partial charge in [0.05, 0.1) is 19.6 Å². The third-order valence-corrected chi connectivity index (χ3v) is 13.0. The van der Waals surface area contributed by atoms with Crippen LogP contribution in [0, 0.1) is 11.8 Å². The molecular formula is C54H99NO12. The van der Waals surface area contributed by atoms with E-state index in [4.69, 9.17) is 28.4 Å². The molecule has 0 aromatic carbocycles. The highest BCUT2D eigenvalue weighted by Gasteiger charge is 2.49. The van der Waals surface area contributed by atoms with Gasteiger partial charge in [0.2, 0.25) is 0 Å². The molecule has 392 valence electrons. The topological polar surface area (TPSA) is 164 Å². The van der Waals surface area contributed by atoms with Gasteiger partial charge in [0.25, 0.3) is 0 Å². The average Bonchev–Trinajstić information content (AvgIpc) is 3.58. The van der Waals surface area contributed by atoms with Crippen molar-refractivity contribution in [1.82, 2.24) is 4.90 Å². The van der Waals surface area contributed by atoms with E-state index >= 15 is 0 Å². The van der Waals surface area contributed by atoms with Crippen LogP contribution in [0.4, 0.5) is 0 Å². The number of unbranched alkanes of at least 4 members (excludes halogenated alkanes) is 16. The molecule has 1 aliphatic heterocycles. The van der Waals surface area contributed by atoms with Crippen LogP contribution in [0.5, 0.6) is 0 Å². The number of nitrogens with zero attached hydrogens (tertiary/aromatic N) is 1. The summed E-state index contributed by atoms with van der Waals surface area (Å²) in [5, 5.41) is 10.8. The van der Waals surface area contributed by atoms with Crippen LogP contribution in [0.3, 0.4) is 0 Å². The molecule has 1 unspecified atom stereocenters. The second kappa shape index (κ2) is 42.1. The molecule has 0 aliphatic carbocycles. The highest BCUT2D eigenvalue weighted by molar-refractivity contribution is 5.71. The fraction of sp³-hybridized carbons (Fsp3) is 0.907. The summed E-state index contributed by atoms with van der Waals surface area (Å²) in [6, 6.07) is 0. The Balaban J connectivity index is 2.48. The first-order valence-corrected chi connectivity index (χ1v) is 27.3. The Labute approximate surface area is 407 Å². The predicted molar refractivity (Wildman–Crippen MR) is 264 cm³/mol. The van der Waals surface area contributed by atoms with Gasteiger partial charge in [0.15, 0.2) is 18.5 Å². The van der Waals surface area contributed by atoms with E-state index in [1.54, 1.807) is 0 Å². The minimum Gasteiger partial charge on any atom is -0.466 e. The Morgan fingerprint density at radius 2 is 0.806 bits per heavy atom. The molecule has 1 N–H and O–H groups in total. The Hall–Kier alpha value is -2.77. The second-order valence-corrected chi connectivity index (χ2v) is 19.5. The predicted octanol–water partition coefficient (Wildman–Crippen LogP) is 11.9. The summed E-state index contributed by atoms with van der Waals surface area (Å²) in [5.41, 5.74) is 0. The van der Waals surface area contributed by atoms with Crippen molar-refractivity contribution in [2.45, 2.75) is 264 Å². The molecule has 13 heteroatoms. The first kappa shape index (κ1) is 62.2. The Morgan fingerprint density at radius 3 is 1.19 bits per heavy atom. The number of aliphatic hydroxyl groups excluding tert-OH is 1. The molecule has 1 aliphatic rings. The lowest BCUT2D eigenvalue weighted by Gasteiger charge is -2.23. The number of carbonyl (C=O) groups excluding carboxylic acids is 5. The zero-order chi connectivity index (χ0) is 49.3. The summed E-state index contributed by atoms with van der Waals surface area (Å²) in [7, 11) is 3.69. The number of hydrogen-bond acceptors (Lipinski definition) is 13. The number of ether oxygens (including phenoxy) is 6. The maximum absolute atomic E-state index is 13.1. The summed E-state index contributed by atoms with van der Waals surface area (Å²) < 4.78 is 33.6. The summed E-state index contributed by atoms with van der Waals surface area (Å²) >= 11 is 0. The average molecular weight is 954 g/mol. The lowest BCUT2D eigenvalue weighted by atomic mass is 9.92. The molecular weight excluding hydrogens is 855 g/mol. The third kappa shape index (κ3) is 34.2. The summed E-state index contributed by atoms with van der Waals surface area (Å²) in [5.74, 6) is -0.586. The molecule has 1 saturated heterocycles. The van der Waals surface area contributed by atoms with Gasteiger partial charge in [-0.2, -0.15) is 0 Å². The molecule has 1 heterocycles. The SMILES string of the molecule is CCCCCC(CCCCC)CCOC(=O)CCCCCCCC(=O)OC1[C@@H](COC(=O)CCN(C)C)O[C@@H](O)[C@H]1OC(=O)CCCCCCCC(=O)OCCC(CCCCC)CCCCC. The molecule has 0 aromatic rings. The Morgan fingerprint density at radius 1 is 0.448 bits per heavy atom. The zero-order valence-corrected chi connectivity index (χ0v) is 43.5. The smallest absolute Gasteiger partial charge is 0.307 e. The lowest BCUT2D eigenvalue weighted by Crippen LogP contribution is -2.42. The van der Waals surface area contributed by atoms with Crippen molar-refractivity contribution in [2.75, 3.05) is 40.5 Å². The van der Waals surface area contributed by atoms with E-state index in [2.05, 4.69) is 27.7 Å². The highest BCUT2D eigenvalue weighted by Crippen LogP contribution is 2.28. The van der Waals surface area contributed by atoms with E-state index in [-0.39, 0.29) is 37.8 Å². The van der Waals surface area contributed by atoms with Gasteiger partial charge in [0.1, 0.15) is 12.7 Å². The van der Waals surface area contributed by atoms with E-state index in [0.29, 0.717) is 57.3 Å². The minimum atomic E-state index is -1.57. The van der Waals surface area contributed by atoms with Gasteiger partial charge < -0.3 is 38.4 Å². The van der Waals surface area contributed by atoms with Crippen molar-refractivity contribution < 1.29 is 57.5 Å².